The minimum atomic E-state index is -0.716. The molecule has 2 aromatic rings. The fourth-order valence-corrected chi connectivity index (χ4v) is 2.37. The average molecular weight is 312 g/mol. The predicted molar refractivity (Wildman–Crippen MR) is 79.2 cm³/mol. The fraction of sp³-hybridized carbons (Fsp3) is 0.200. The topological polar surface area (TPSA) is 154 Å². The monoisotopic (exact) mass is 312 g/mol. The van der Waals surface area contributed by atoms with Crippen LogP contribution in [0.15, 0.2) is 9.59 Å². The van der Waals surface area contributed by atoms with Gasteiger partial charge in [-0.1, -0.05) is 0 Å². The molecule has 4 N–H and O–H groups in total. The molecule has 2 aromatic heterocycles. The standard InChI is InChI=1S/C15H12N4O4/c1-6-8(12(20)18-14(22)10(6)4-16)3-9-7(2)11(5-17)15(23)19-13(9)21/h3H2,1-2H3,(H2,18,20,22)(H2,19,21,23). The van der Waals surface area contributed by atoms with Crippen LogP contribution in [0.2, 0.25) is 0 Å². The molecule has 0 radical (unpaired) electrons. The average Bonchev–Trinajstić information content (AvgIpc) is 2.46. The maximum atomic E-state index is 11.6. The van der Waals surface area contributed by atoms with Crippen molar-refractivity contribution in [2.75, 3.05) is 0 Å². The van der Waals surface area contributed by atoms with Crippen LogP contribution < -0.4 is 11.1 Å². The van der Waals surface area contributed by atoms with Crippen LogP contribution in [0, 0.1) is 36.5 Å². The number of H-pyrrole nitrogens is 2. The third-order valence-electron chi connectivity index (χ3n) is 3.72. The van der Waals surface area contributed by atoms with Gasteiger partial charge in [0, 0.05) is 17.5 Å². The molecule has 0 aliphatic rings. The van der Waals surface area contributed by atoms with Gasteiger partial charge in [0.15, 0.2) is 11.8 Å². The van der Waals surface area contributed by atoms with Crippen molar-refractivity contribution in [2.45, 2.75) is 20.3 Å². The van der Waals surface area contributed by atoms with E-state index >= 15 is 0 Å². The zero-order valence-electron chi connectivity index (χ0n) is 12.3. The van der Waals surface area contributed by atoms with E-state index in [-0.39, 0.29) is 39.8 Å². The number of aromatic hydroxyl groups is 2. The first-order valence-electron chi connectivity index (χ1n) is 6.51. The summed E-state index contributed by atoms with van der Waals surface area (Å²) in [6, 6.07) is 3.50. The first kappa shape index (κ1) is 15.9. The molecule has 0 saturated heterocycles. The smallest absolute Gasteiger partial charge is 0.268 e. The number of aromatic amines is 2. The van der Waals surface area contributed by atoms with Crippen LogP contribution in [-0.4, -0.2) is 20.2 Å². The van der Waals surface area contributed by atoms with E-state index in [0.717, 1.165) is 0 Å². The normalized spacial score (nSPS) is 10.1. The van der Waals surface area contributed by atoms with E-state index in [0.29, 0.717) is 0 Å². The van der Waals surface area contributed by atoms with Crippen molar-refractivity contribution in [3.05, 3.63) is 54.1 Å². The molecular weight excluding hydrogens is 300 g/mol. The van der Waals surface area contributed by atoms with E-state index in [9.17, 15) is 19.8 Å². The molecule has 0 bridgehead atoms. The van der Waals surface area contributed by atoms with Crippen molar-refractivity contribution in [1.29, 1.82) is 10.5 Å². The SMILES string of the molecule is Cc1c(Cc2c(O)[nH]c(=O)c(C#N)c2C)c(O)[nH]c(=O)c1C#N. The van der Waals surface area contributed by atoms with Gasteiger partial charge in [-0.3, -0.25) is 19.6 Å². The maximum Gasteiger partial charge on any atom is 0.268 e. The highest BCUT2D eigenvalue weighted by Gasteiger charge is 2.19. The molecule has 116 valence electrons. The molecule has 0 spiro atoms. The Morgan fingerprint density at radius 2 is 1.22 bits per heavy atom. The Morgan fingerprint density at radius 3 is 1.52 bits per heavy atom. The van der Waals surface area contributed by atoms with Gasteiger partial charge in [0.1, 0.15) is 23.3 Å². The molecule has 2 heterocycles. The van der Waals surface area contributed by atoms with Crippen molar-refractivity contribution in [2.24, 2.45) is 0 Å². The number of nitrogens with one attached hydrogen (secondary N) is 2. The van der Waals surface area contributed by atoms with Gasteiger partial charge in [0.25, 0.3) is 11.1 Å². The minimum absolute atomic E-state index is 0.0771. The maximum absolute atomic E-state index is 11.6. The lowest BCUT2D eigenvalue weighted by Crippen LogP contribution is -2.17. The summed E-state index contributed by atoms with van der Waals surface area (Å²) >= 11 is 0. The van der Waals surface area contributed by atoms with Gasteiger partial charge in [-0.05, 0) is 25.0 Å². The number of hydrogen-bond donors (Lipinski definition) is 4. The van der Waals surface area contributed by atoms with Crippen molar-refractivity contribution in [1.82, 2.24) is 9.97 Å². The first-order valence-corrected chi connectivity index (χ1v) is 6.51. The van der Waals surface area contributed by atoms with E-state index in [1.54, 1.807) is 12.1 Å². The predicted octanol–water partition coefficient (Wildman–Crippen LogP) is 0.425. The Bertz CT molecular complexity index is 921. The molecule has 0 atom stereocenters. The van der Waals surface area contributed by atoms with Crippen molar-refractivity contribution < 1.29 is 10.2 Å². The van der Waals surface area contributed by atoms with Crippen LogP contribution in [0.3, 0.4) is 0 Å². The van der Waals surface area contributed by atoms with Crippen molar-refractivity contribution >= 4 is 0 Å². The van der Waals surface area contributed by atoms with Gasteiger partial charge < -0.3 is 10.2 Å². The molecular formula is C15H12N4O4. The Balaban J connectivity index is 2.72. The molecule has 0 fully saturated rings. The Labute approximate surface area is 129 Å². The zero-order valence-corrected chi connectivity index (χ0v) is 12.3. The molecule has 0 saturated carbocycles. The largest absolute Gasteiger partial charge is 0.494 e. The molecule has 0 amide bonds. The van der Waals surface area contributed by atoms with E-state index < -0.39 is 22.9 Å². The zero-order chi connectivity index (χ0) is 17.3. The number of hydrogen-bond acceptors (Lipinski definition) is 6. The van der Waals surface area contributed by atoms with Crippen molar-refractivity contribution in [3.63, 3.8) is 0 Å². The first-order chi connectivity index (χ1) is 10.8. The van der Waals surface area contributed by atoms with Gasteiger partial charge >= 0.3 is 0 Å². The second-order valence-corrected chi connectivity index (χ2v) is 4.96. The van der Waals surface area contributed by atoms with Crippen LogP contribution in [0.25, 0.3) is 0 Å². The van der Waals surface area contributed by atoms with Gasteiger partial charge in [-0.25, -0.2) is 0 Å². The third-order valence-corrected chi connectivity index (χ3v) is 3.72. The van der Waals surface area contributed by atoms with Crippen LogP contribution in [-0.2, 0) is 6.42 Å². The van der Waals surface area contributed by atoms with Crippen molar-refractivity contribution in [3.8, 4) is 23.9 Å². The van der Waals surface area contributed by atoms with E-state index in [1.807, 2.05) is 0 Å². The summed E-state index contributed by atoms with van der Waals surface area (Å²) in [6.07, 6.45) is -0.0771. The molecule has 8 nitrogen and oxygen atoms in total. The number of rotatable bonds is 2. The lowest BCUT2D eigenvalue weighted by atomic mass is 9.95. The van der Waals surface area contributed by atoms with E-state index in [2.05, 4.69) is 9.97 Å². The fourth-order valence-electron chi connectivity index (χ4n) is 2.37. The molecule has 23 heavy (non-hydrogen) atoms. The summed E-state index contributed by atoms with van der Waals surface area (Å²) in [5.41, 5.74) is -0.780. The summed E-state index contributed by atoms with van der Waals surface area (Å²) in [5.74, 6) is -0.870. The summed E-state index contributed by atoms with van der Waals surface area (Å²) in [6.45, 7) is 2.98. The summed E-state index contributed by atoms with van der Waals surface area (Å²) < 4.78 is 0. The van der Waals surface area contributed by atoms with E-state index in [4.69, 9.17) is 10.5 Å². The Hall–Kier alpha value is -3.52. The second kappa shape index (κ2) is 5.70. The van der Waals surface area contributed by atoms with Gasteiger partial charge in [-0.2, -0.15) is 10.5 Å². The summed E-state index contributed by atoms with van der Waals surface area (Å²) in [5, 5.41) is 37.9. The highest BCUT2D eigenvalue weighted by Crippen LogP contribution is 2.27. The van der Waals surface area contributed by atoms with Gasteiger partial charge in [-0.15, -0.1) is 0 Å². The van der Waals surface area contributed by atoms with Crippen LogP contribution >= 0.6 is 0 Å². The highest BCUT2D eigenvalue weighted by molar-refractivity contribution is 5.51. The molecule has 0 aliphatic heterocycles. The number of aromatic nitrogens is 2. The Morgan fingerprint density at radius 1 is 0.870 bits per heavy atom. The lowest BCUT2D eigenvalue weighted by molar-refractivity contribution is 0.437. The van der Waals surface area contributed by atoms with Crippen LogP contribution in [0.5, 0.6) is 11.8 Å². The summed E-state index contributed by atoms with van der Waals surface area (Å²) in [7, 11) is 0. The molecule has 8 heteroatoms. The highest BCUT2D eigenvalue weighted by atomic mass is 16.3. The number of nitriles is 2. The molecule has 2 rings (SSSR count). The summed E-state index contributed by atoms with van der Waals surface area (Å²) in [4.78, 5) is 27.5. The molecule has 0 unspecified atom stereocenters. The van der Waals surface area contributed by atoms with E-state index in [1.165, 1.54) is 13.8 Å². The van der Waals surface area contributed by atoms with Gasteiger partial charge in [0.05, 0.1) is 0 Å². The van der Waals surface area contributed by atoms with Crippen LogP contribution in [0.1, 0.15) is 33.4 Å². The molecule has 0 aliphatic carbocycles. The minimum Gasteiger partial charge on any atom is -0.494 e. The quantitative estimate of drug-likeness (QED) is 0.630. The van der Waals surface area contributed by atoms with Gasteiger partial charge in [0.2, 0.25) is 0 Å². The number of pyridine rings is 2. The lowest BCUT2D eigenvalue weighted by Gasteiger charge is -2.13. The Kier molecular flexibility index (Phi) is 3.93. The molecule has 0 aromatic carbocycles. The second-order valence-electron chi connectivity index (χ2n) is 4.96. The van der Waals surface area contributed by atoms with Crippen LogP contribution in [0.4, 0.5) is 0 Å². The third kappa shape index (κ3) is 2.54. The number of nitrogens with zero attached hydrogens (tertiary/aromatic N) is 2.